The molecule has 1 N–H and O–H groups in total. The Hall–Kier alpha value is -2.48. The average Bonchev–Trinajstić information content (AvgIpc) is 3.08. The lowest BCUT2D eigenvalue weighted by molar-refractivity contribution is 0.122. The number of anilines is 2. The highest BCUT2D eigenvalue weighted by atomic mass is 16.5. The van der Waals surface area contributed by atoms with E-state index in [0.29, 0.717) is 19.2 Å². The normalized spacial score (nSPS) is 21.2. The van der Waals surface area contributed by atoms with E-state index in [1.807, 2.05) is 19.2 Å². The summed E-state index contributed by atoms with van der Waals surface area (Å²) in [4.78, 5) is 34.0. The quantitative estimate of drug-likeness (QED) is 0.835. The summed E-state index contributed by atoms with van der Waals surface area (Å²) >= 11 is 0. The van der Waals surface area contributed by atoms with Gasteiger partial charge in [0.15, 0.2) is 0 Å². The highest BCUT2D eigenvalue weighted by molar-refractivity contribution is 5.43. The second kappa shape index (κ2) is 6.84. The van der Waals surface area contributed by atoms with Gasteiger partial charge in [0.1, 0.15) is 11.6 Å². The lowest BCUT2D eigenvalue weighted by atomic mass is 9.76. The van der Waals surface area contributed by atoms with Crippen molar-refractivity contribution in [2.45, 2.75) is 38.0 Å². The zero-order chi connectivity index (χ0) is 19.1. The van der Waals surface area contributed by atoms with Gasteiger partial charge in [-0.2, -0.15) is 0 Å². The molecule has 148 valence electrons. The largest absolute Gasteiger partial charge is 0.378 e. The van der Waals surface area contributed by atoms with Crippen molar-refractivity contribution in [3.8, 4) is 0 Å². The number of rotatable bonds is 2. The van der Waals surface area contributed by atoms with Gasteiger partial charge in [-0.3, -0.25) is 9.78 Å². The predicted molar refractivity (Wildman–Crippen MR) is 106 cm³/mol. The minimum atomic E-state index is 0.0171. The van der Waals surface area contributed by atoms with Crippen LogP contribution in [-0.2, 0) is 16.6 Å². The molecule has 2 fully saturated rings. The number of nitrogens with one attached hydrogen (secondary N) is 1. The van der Waals surface area contributed by atoms with Gasteiger partial charge in [-0.25, -0.2) is 15.0 Å². The maximum absolute atomic E-state index is 12.7. The number of morpholine rings is 1. The summed E-state index contributed by atoms with van der Waals surface area (Å²) in [5, 5.41) is 0. The molecule has 2 aromatic heterocycles. The molecule has 0 aromatic carbocycles. The smallest absolute Gasteiger partial charge is 0.255 e. The Morgan fingerprint density at radius 3 is 2.61 bits per heavy atom. The van der Waals surface area contributed by atoms with Crippen LogP contribution in [0.25, 0.3) is 0 Å². The minimum Gasteiger partial charge on any atom is -0.378 e. The maximum Gasteiger partial charge on any atom is 0.255 e. The van der Waals surface area contributed by atoms with Crippen LogP contribution >= 0.6 is 0 Å². The average molecular weight is 382 g/mol. The lowest BCUT2D eigenvalue weighted by Gasteiger charge is -2.40. The fourth-order valence-corrected chi connectivity index (χ4v) is 4.83. The first-order chi connectivity index (χ1) is 13.6. The molecular formula is C20H26N6O2. The van der Waals surface area contributed by atoms with E-state index >= 15 is 0 Å². The monoisotopic (exact) mass is 382 g/mol. The molecule has 0 atom stereocenters. The van der Waals surface area contributed by atoms with Crippen LogP contribution in [-0.4, -0.2) is 59.3 Å². The van der Waals surface area contributed by atoms with Crippen molar-refractivity contribution in [1.82, 2.24) is 19.9 Å². The second-order valence-corrected chi connectivity index (χ2v) is 8.05. The number of ether oxygens (including phenoxy) is 1. The molecule has 0 saturated carbocycles. The van der Waals surface area contributed by atoms with Gasteiger partial charge < -0.3 is 14.5 Å². The molecule has 3 aliphatic rings. The van der Waals surface area contributed by atoms with Crippen LogP contribution in [0.4, 0.5) is 11.8 Å². The van der Waals surface area contributed by atoms with Crippen molar-refractivity contribution in [2.24, 2.45) is 0 Å². The topological polar surface area (TPSA) is 87.2 Å². The summed E-state index contributed by atoms with van der Waals surface area (Å²) in [5.74, 6) is 2.50. The third kappa shape index (κ3) is 2.96. The molecule has 0 unspecified atom stereocenters. The summed E-state index contributed by atoms with van der Waals surface area (Å²) in [5.41, 5.74) is 1.99. The van der Waals surface area contributed by atoms with Crippen LogP contribution in [0.15, 0.2) is 17.1 Å². The SMILES string of the molecule is Cc1nccc(N2CCC3(CCc4c3nc(N3CCOCC3)[nH]c4=O)CC2)n1. The molecule has 0 radical (unpaired) electrons. The first-order valence-electron chi connectivity index (χ1n) is 10.2. The Morgan fingerprint density at radius 1 is 1.07 bits per heavy atom. The standard InChI is InChI=1S/C20H26N6O2/c1-14-21-7-3-16(22-14)25-8-5-20(6-9-25)4-2-15-17(20)23-19(24-18(15)27)26-10-12-28-13-11-26/h3,7H,2,4-6,8-13H2,1H3,(H,23,24,27). The van der Waals surface area contributed by atoms with Crippen molar-refractivity contribution in [3.05, 3.63) is 39.7 Å². The molecule has 1 aliphatic carbocycles. The van der Waals surface area contributed by atoms with E-state index in [9.17, 15) is 4.79 Å². The molecule has 8 heteroatoms. The van der Waals surface area contributed by atoms with Gasteiger partial charge in [0.25, 0.3) is 5.56 Å². The van der Waals surface area contributed by atoms with Crippen molar-refractivity contribution in [2.75, 3.05) is 49.2 Å². The van der Waals surface area contributed by atoms with Gasteiger partial charge in [-0.05, 0) is 38.7 Å². The molecule has 5 rings (SSSR count). The summed E-state index contributed by atoms with van der Waals surface area (Å²) in [6.45, 7) is 6.68. The van der Waals surface area contributed by atoms with Crippen molar-refractivity contribution in [1.29, 1.82) is 0 Å². The third-order valence-corrected chi connectivity index (χ3v) is 6.48. The second-order valence-electron chi connectivity index (χ2n) is 8.05. The van der Waals surface area contributed by atoms with E-state index in [4.69, 9.17) is 9.72 Å². The minimum absolute atomic E-state index is 0.0171. The van der Waals surface area contributed by atoms with Gasteiger partial charge in [-0.1, -0.05) is 0 Å². The van der Waals surface area contributed by atoms with Gasteiger partial charge in [0.2, 0.25) is 5.95 Å². The highest BCUT2D eigenvalue weighted by Gasteiger charge is 2.44. The fraction of sp³-hybridized carbons (Fsp3) is 0.600. The molecule has 0 bridgehead atoms. The van der Waals surface area contributed by atoms with Crippen LogP contribution in [0.3, 0.4) is 0 Å². The van der Waals surface area contributed by atoms with Crippen LogP contribution in [0.2, 0.25) is 0 Å². The van der Waals surface area contributed by atoms with E-state index in [0.717, 1.165) is 74.8 Å². The first kappa shape index (κ1) is 17.6. The van der Waals surface area contributed by atoms with Gasteiger partial charge in [-0.15, -0.1) is 0 Å². The van der Waals surface area contributed by atoms with Crippen molar-refractivity contribution >= 4 is 11.8 Å². The molecule has 4 heterocycles. The maximum atomic E-state index is 12.7. The zero-order valence-electron chi connectivity index (χ0n) is 16.3. The summed E-state index contributed by atoms with van der Waals surface area (Å²) in [6, 6.07) is 1.98. The number of nitrogens with zero attached hydrogens (tertiary/aromatic N) is 5. The number of aromatic nitrogens is 4. The lowest BCUT2D eigenvalue weighted by Crippen LogP contribution is -2.43. The van der Waals surface area contributed by atoms with E-state index in [-0.39, 0.29) is 11.0 Å². The fourth-order valence-electron chi connectivity index (χ4n) is 4.83. The van der Waals surface area contributed by atoms with Crippen LogP contribution in [0.5, 0.6) is 0 Å². The Bertz CT molecular complexity index is 929. The number of piperidine rings is 1. The van der Waals surface area contributed by atoms with Crippen molar-refractivity contribution < 1.29 is 4.74 Å². The van der Waals surface area contributed by atoms with E-state index in [1.54, 1.807) is 0 Å². The molecule has 8 nitrogen and oxygen atoms in total. The molecule has 2 aromatic rings. The molecule has 2 saturated heterocycles. The van der Waals surface area contributed by atoms with E-state index < -0.39 is 0 Å². The first-order valence-corrected chi connectivity index (χ1v) is 10.2. The Balaban J connectivity index is 1.41. The number of aromatic amines is 1. The Labute approximate surface area is 164 Å². The van der Waals surface area contributed by atoms with Crippen LogP contribution in [0, 0.1) is 6.92 Å². The third-order valence-electron chi connectivity index (χ3n) is 6.48. The number of fused-ring (bicyclic) bond motifs is 2. The number of aryl methyl sites for hydroxylation is 1. The van der Waals surface area contributed by atoms with Gasteiger partial charge in [0, 0.05) is 43.4 Å². The summed E-state index contributed by atoms with van der Waals surface area (Å²) in [6.07, 6.45) is 5.67. The van der Waals surface area contributed by atoms with Crippen LogP contribution < -0.4 is 15.4 Å². The Kier molecular flexibility index (Phi) is 4.30. The molecule has 28 heavy (non-hydrogen) atoms. The predicted octanol–water partition coefficient (Wildman–Crippen LogP) is 1.19. The highest BCUT2D eigenvalue weighted by Crippen LogP contribution is 2.45. The number of H-pyrrole nitrogens is 1. The van der Waals surface area contributed by atoms with E-state index in [1.165, 1.54) is 0 Å². The Morgan fingerprint density at radius 2 is 1.86 bits per heavy atom. The molecule has 1 spiro atoms. The van der Waals surface area contributed by atoms with Crippen molar-refractivity contribution in [3.63, 3.8) is 0 Å². The number of hydrogen-bond donors (Lipinski definition) is 1. The molecule has 2 aliphatic heterocycles. The zero-order valence-corrected chi connectivity index (χ0v) is 16.3. The summed E-state index contributed by atoms with van der Waals surface area (Å²) in [7, 11) is 0. The number of hydrogen-bond acceptors (Lipinski definition) is 7. The van der Waals surface area contributed by atoms with Crippen LogP contribution in [0.1, 0.15) is 36.3 Å². The molecular weight excluding hydrogens is 356 g/mol. The van der Waals surface area contributed by atoms with Gasteiger partial charge in [0.05, 0.1) is 18.9 Å². The summed E-state index contributed by atoms with van der Waals surface area (Å²) < 4.78 is 5.44. The molecule has 0 amide bonds. The van der Waals surface area contributed by atoms with Gasteiger partial charge >= 0.3 is 0 Å². The van der Waals surface area contributed by atoms with E-state index in [2.05, 4.69) is 24.8 Å².